The summed E-state index contributed by atoms with van der Waals surface area (Å²) < 4.78 is 0. The molecule has 4 rings (SSSR count). The van der Waals surface area contributed by atoms with Crippen LogP contribution >= 0.6 is 0 Å². The van der Waals surface area contributed by atoms with Gasteiger partial charge in [0.15, 0.2) is 0 Å². The number of aromatic nitrogens is 4. The van der Waals surface area contributed by atoms with Crippen molar-refractivity contribution in [2.24, 2.45) is 0 Å². The van der Waals surface area contributed by atoms with Crippen molar-refractivity contribution in [3.8, 4) is 11.4 Å². The van der Waals surface area contributed by atoms with Crippen LogP contribution in [0, 0.1) is 0 Å². The Morgan fingerprint density at radius 1 is 1.00 bits per heavy atom. The molecular weight excluding hydrogens is 302 g/mol. The highest BCUT2D eigenvalue weighted by atomic mass is 16.1. The van der Waals surface area contributed by atoms with Gasteiger partial charge in [-0.1, -0.05) is 6.07 Å². The molecule has 0 radical (unpaired) electrons. The van der Waals surface area contributed by atoms with Crippen molar-refractivity contribution in [1.82, 2.24) is 19.9 Å². The molecule has 0 spiro atoms. The van der Waals surface area contributed by atoms with E-state index in [0.717, 1.165) is 22.4 Å². The molecule has 6 heteroatoms. The van der Waals surface area contributed by atoms with Gasteiger partial charge in [-0.05, 0) is 42.5 Å². The van der Waals surface area contributed by atoms with Crippen LogP contribution in [0.15, 0.2) is 67.1 Å². The van der Waals surface area contributed by atoms with Crippen LogP contribution in [-0.2, 0) is 0 Å². The lowest BCUT2D eigenvalue weighted by Crippen LogP contribution is -2.13. The summed E-state index contributed by atoms with van der Waals surface area (Å²) in [6, 6.07) is 14.5. The maximum atomic E-state index is 12.2. The van der Waals surface area contributed by atoms with E-state index >= 15 is 0 Å². The summed E-state index contributed by atoms with van der Waals surface area (Å²) in [6.45, 7) is 0. The summed E-state index contributed by atoms with van der Waals surface area (Å²) in [4.78, 5) is 28.0. The lowest BCUT2D eigenvalue weighted by molar-refractivity contribution is 0.102. The number of aromatic amines is 1. The van der Waals surface area contributed by atoms with Gasteiger partial charge in [-0.15, -0.1) is 0 Å². The molecule has 0 unspecified atom stereocenters. The first-order valence-corrected chi connectivity index (χ1v) is 7.42. The first-order valence-electron chi connectivity index (χ1n) is 7.42. The quantitative estimate of drug-likeness (QED) is 0.608. The Kier molecular flexibility index (Phi) is 3.47. The third kappa shape index (κ3) is 2.72. The van der Waals surface area contributed by atoms with Crippen LogP contribution in [-0.4, -0.2) is 25.8 Å². The van der Waals surface area contributed by atoms with Gasteiger partial charge in [-0.2, -0.15) is 0 Å². The molecule has 116 valence electrons. The molecule has 24 heavy (non-hydrogen) atoms. The van der Waals surface area contributed by atoms with E-state index in [0.29, 0.717) is 11.4 Å². The number of nitrogens with one attached hydrogen (secondary N) is 2. The predicted molar refractivity (Wildman–Crippen MR) is 91.5 cm³/mol. The summed E-state index contributed by atoms with van der Waals surface area (Å²) in [5.74, 6) is 0.518. The summed E-state index contributed by atoms with van der Waals surface area (Å²) in [5.41, 5.74) is 3.70. The van der Waals surface area contributed by atoms with E-state index in [2.05, 4.69) is 25.3 Å². The second kappa shape index (κ2) is 5.92. The molecule has 3 aromatic heterocycles. The largest absolute Gasteiger partial charge is 0.338 e. The number of hydrogen-bond acceptors (Lipinski definition) is 4. The summed E-state index contributed by atoms with van der Waals surface area (Å²) in [6.07, 6.45) is 5.04. The fourth-order valence-corrected chi connectivity index (χ4v) is 2.43. The number of benzene rings is 1. The molecule has 0 aliphatic rings. The molecular formula is C18H13N5O. The molecule has 2 N–H and O–H groups in total. The molecule has 4 aromatic rings. The monoisotopic (exact) mass is 315 g/mol. The standard InChI is InChI=1S/C18H13N5O/c24-18(15-3-1-2-8-20-15)21-13-4-5-14-16(11-13)23-17(22-14)12-6-9-19-10-7-12/h1-11H,(H,21,24)(H,22,23). The van der Waals surface area contributed by atoms with Crippen LogP contribution < -0.4 is 5.32 Å². The molecule has 0 bridgehead atoms. The maximum absolute atomic E-state index is 12.2. The van der Waals surface area contributed by atoms with E-state index in [1.807, 2.05) is 30.3 Å². The first-order chi connectivity index (χ1) is 11.8. The number of anilines is 1. The number of amides is 1. The maximum Gasteiger partial charge on any atom is 0.274 e. The summed E-state index contributed by atoms with van der Waals surface area (Å²) >= 11 is 0. The van der Waals surface area contributed by atoms with Crippen molar-refractivity contribution >= 4 is 22.6 Å². The topological polar surface area (TPSA) is 83.6 Å². The Morgan fingerprint density at radius 2 is 1.88 bits per heavy atom. The smallest absolute Gasteiger partial charge is 0.274 e. The molecule has 0 fully saturated rings. The summed E-state index contributed by atoms with van der Waals surface area (Å²) in [7, 11) is 0. The van der Waals surface area contributed by atoms with Gasteiger partial charge < -0.3 is 10.3 Å². The highest BCUT2D eigenvalue weighted by molar-refractivity contribution is 6.03. The van der Waals surface area contributed by atoms with Crippen LogP contribution in [0.5, 0.6) is 0 Å². The number of fused-ring (bicyclic) bond motifs is 1. The van der Waals surface area contributed by atoms with Gasteiger partial charge in [0.1, 0.15) is 11.5 Å². The molecule has 3 heterocycles. The average Bonchev–Trinajstić information content (AvgIpc) is 3.06. The first kappa shape index (κ1) is 14.1. The second-order valence-electron chi connectivity index (χ2n) is 5.22. The molecule has 1 aromatic carbocycles. The number of rotatable bonds is 3. The Bertz CT molecular complexity index is 996. The Hall–Kier alpha value is -3.54. The molecule has 0 aliphatic carbocycles. The van der Waals surface area contributed by atoms with Crippen LogP contribution in [0.1, 0.15) is 10.5 Å². The van der Waals surface area contributed by atoms with Crippen molar-refractivity contribution in [2.45, 2.75) is 0 Å². The molecule has 6 nitrogen and oxygen atoms in total. The SMILES string of the molecule is O=C(Nc1ccc2nc(-c3ccncc3)[nH]c2c1)c1ccccn1. The average molecular weight is 315 g/mol. The highest BCUT2D eigenvalue weighted by Gasteiger charge is 2.09. The zero-order chi connectivity index (χ0) is 16.4. The number of carbonyl (C=O) groups is 1. The third-order valence-electron chi connectivity index (χ3n) is 3.59. The molecule has 0 saturated carbocycles. The fraction of sp³-hybridized carbons (Fsp3) is 0. The third-order valence-corrected chi connectivity index (χ3v) is 3.59. The number of carbonyl (C=O) groups excluding carboxylic acids is 1. The number of imidazole rings is 1. The van der Waals surface area contributed by atoms with Gasteiger partial charge in [0, 0.05) is 29.8 Å². The second-order valence-corrected chi connectivity index (χ2v) is 5.22. The summed E-state index contributed by atoms with van der Waals surface area (Å²) in [5, 5.41) is 2.84. The predicted octanol–water partition coefficient (Wildman–Crippen LogP) is 3.27. The lowest BCUT2D eigenvalue weighted by Gasteiger charge is -2.04. The van der Waals surface area contributed by atoms with Crippen LogP contribution in [0.4, 0.5) is 5.69 Å². The van der Waals surface area contributed by atoms with Crippen molar-refractivity contribution in [1.29, 1.82) is 0 Å². The minimum atomic E-state index is -0.246. The number of hydrogen-bond donors (Lipinski definition) is 2. The van der Waals surface area contributed by atoms with Gasteiger partial charge in [0.25, 0.3) is 5.91 Å². The van der Waals surface area contributed by atoms with Crippen molar-refractivity contribution in [3.05, 3.63) is 72.8 Å². The van der Waals surface area contributed by atoms with E-state index in [1.165, 1.54) is 0 Å². The van der Waals surface area contributed by atoms with Crippen molar-refractivity contribution in [2.75, 3.05) is 5.32 Å². The molecule has 0 saturated heterocycles. The van der Waals surface area contributed by atoms with Gasteiger partial charge >= 0.3 is 0 Å². The van der Waals surface area contributed by atoms with Gasteiger partial charge in [-0.25, -0.2) is 4.98 Å². The van der Waals surface area contributed by atoms with Crippen molar-refractivity contribution in [3.63, 3.8) is 0 Å². The van der Waals surface area contributed by atoms with E-state index in [1.54, 1.807) is 36.8 Å². The molecule has 0 aliphatic heterocycles. The fourth-order valence-electron chi connectivity index (χ4n) is 2.43. The zero-order valence-corrected chi connectivity index (χ0v) is 12.6. The van der Waals surface area contributed by atoms with E-state index in [4.69, 9.17) is 0 Å². The normalized spacial score (nSPS) is 10.7. The minimum Gasteiger partial charge on any atom is -0.338 e. The lowest BCUT2D eigenvalue weighted by atomic mass is 10.2. The van der Waals surface area contributed by atoms with Crippen LogP contribution in [0.3, 0.4) is 0 Å². The van der Waals surface area contributed by atoms with E-state index in [-0.39, 0.29) is 5.91 Å². The van der Waals surface area contributed by atoms with Gasteiger partial charge in [0.05, 0.1) is 11.0 Å². The van der Waals surface area contributed by atoms with Crippen LogP contribution in [0.25, 0.3) is 22.4 Å². The Labute approximate surface area is 137 Å². The van der Waals surface area contributed by atoms with Crippen molar-refractivity contribution < 1.29 is 4.79 Å². The van der Waals surface area contributed by atoms with E-state index in [9.17, 15) is 4.79 Å². The van der Waals surface area contributed by atoms with Gasteiger partial charge in [0.2, 0.25) is 0 Å². The van der Waals surface area contributed by atoms with E-state index < -0.39 is 0 Å². The van der Waals surface area contributed by atoms with Crippen LogP contribution in [0.2, 0.25) is 0 Å². The molecule has 0 atom stereocenters. The molecule has 1 amide bonds. The number of nitrogens with zero attached hydrogens (tertiary/aromatic N) is 3. The highest BCUT2D eigenvalue weighted by Crippen LogP contribution is 2.22. The Morgan fingerprint density at radius 3 is 2.67 bits per heavy atom. The number of pyridine rings is 2. The van der Waals surface area contributed by atoms with Gasteiger partial charge in [-0.3, -0.25) is 14.8 Å². The minimum absolute atomic E-state index is 0.246. The number of H-pyrrole nitrogens is 1. The Balaban J connectivity index is 1.63. The zero-order valence-electron chi connectivity index (χ0n) is 12.6.